The van der Waals surface area contributed by atoms with Gasteiger partial charge in [-0.1, -0.05) is 72.2 Å². The third-order valence-electron chi connectivity index (χ3n) is 6.81. The Morgan fingerprint density at radius 2 is 1.53 bits per heavy atom. The summed E-state index contributed by atoms with van der Waals surface area (Å²) in [7, 11) is 1.55. The van der Waals surface area contributed by atoms with Crippen LogP contribution in [0.1, 0.15) is 105 Å². The van der Waals surface area contributed by atoms with Crippen molar-refractivity contribution >= 4 is 18.8 Å². The van der Waals surface area contributed by atoms with Crippen LogP contribution in [0.3, 0.4) is 0 Å². The minimum Gasteiger partial charge on any atom is -0.392 e. The highest BCUT2D eigenvalue weighted by molar-refractivity contribution is 6.65. The molecule has 0 aliphatic rings. The van der Waals surface area contributed by atoms with Gasteiger partial charge in [0.05, 0.1) is 15.8 Å². The van der Waals surface area contributed by atoms with Crippen molar-refractivity contribution < 1.29 is 8.85 Å². The van der Waals surface area contributed by atoms with Crippen LogP contribution in [-0.2, 0) is 20.7 Å². The van der Waals surface area contributed by atoms with E-state index in [0.29, 0.717) is 0 Å². The van der Waals surface area contributed by atoms with Crippen molar-refractivity contribution in [2.45, 2.75) is 129 Å². The Labute approximate surface area is 192 Å². The van der Waals surface area contributed by atoms with Crippen molar-refractivity contribution in [2.24, 2.45) is 0 Å². The normalized spacial score (nSPS) is 16.9. The van der Waals surface area contributed by atoms with E-state index in [1.165, 1.54) is 30.4 Å². The second kappa shape index (κ2) is 11.4. The lowest BCUT2D eigenvalue weighted by molar-refractivity contribution is -0.0105. The maximum atomic E-state index is 6.87. The highest BCUT2D eigenvalue weighted by atomic mass is 28.4. The molecule has 0 aliphatic heterocycles. The third-order valence-corrected chi connectivity index (χ3v) is 9.69. The van der Waals surface area contributed by atoms with Gasteiger partial charge in [0.15, 0.2) is 0 Å². The molecule has 0 amide bonds. The molecule has 0 bridgehead atoms. The van der Waals surface area contributed by atoms with Crippen molar-refractivity contribution in [3.05, 3.63) is 35.4 Å². The molecule has 2 atom stereocenters. The number of benzene rings is 1. The first-order chi connectivity index (χ1) is 13.9. The molecule has 0 spiro atoms. The van der Waals surface area contributed by atoms with E-state index in [4.69, 9.17) is 8.85 Å². The fraction of sp³-hybridized carbons (Fsp3) is 0.769. The van der Waals surface area contributed by atoms with Gasteiger partial charge in [-0.25, -0.2) is 0 Å². The number of aryl methyl sites for hydroxylation is 1. The summed E-state index contributed by atoms with van der Waals surface area (Å²) in [6.45, 7) is 20.2. The van der Waals surface area contributed by atoms with E-state index in [0.717, 1.165) is 32.1 Å². The molecule has 0 saturated heterocycles. The van der Waals surface area contributed by atoms with Gasteiger partial charge in [-0.2, -0.15) is 0 Å². The lowest BCUT2D eigenvalue weighted by atomic mass is 9.71. The molecular formula is C26H47O2Si2. The summed E-state index contributed by atoms with van der Waals surface area (Å²) in [5, 5.41) is -0.286. The van der Waals surface area contributed by atoms with Crippen molar-refractivity contribution in [1.82, 2.24) is 0 Å². The summed E-state index contributed by atoms with van der Waals surface area (Å²) < 4.78 is 13.4. The highest BCUT2D eigenvalue weighted by Gasteiger charge is 2.43. The Balaban J connectivity index is 3.10. The van der Waals surface area contributed by atoms with Crippen molar-refractivity contribution in [3.8, 4) is 0 Å². The third kappa shape index (κ3) is 7.92. The topological polar surface area (TPSA) is 18.5 Å². The van der Waals surface area contributed by atoms with E-state index in [-0.39, 0.29) is 16.2 Å². The molecule has 0 saturated carbocycles. The average molecular weight is 448 g/mol. The molecule has 3 radical (unpaired) electrons. The SMILES string of the molecule is CCCCc1cccc(C(C)(CC)CC(C)(CC)O[Si](C)(C)OC([Si])(CC)CC)c1. The molecule has 171 valence electrons. The Morgan fingerprint density at radius 3 is 2.03 bits per heavy atom. The standard InChI is InChI=1S/C26H47O2Si2/c1-10-15-17-22-18-16-19-23(20-22)24(6,11-2)21-25(7,12-3)27-30(8,9)28-26(29,13-4)14-5/h16,18-20H,10-15,17,21H2,1-9H3. The first-order valence-electron chi connectivity index (χ1n) is 12.1. The predicted octanol–water partition coefficient (Wildman–Crippen LogP) is 7.68. The molecule has 0 aliphatic carbocycles. The van der Waals surface area contributed by atoms with E-state index in [2.05, 4.69) is 96.1 Å². The minimum absolute atomic E-state index is 0.0814. The van der Waals surface area contributed by atoms with Gasteiger partial charge in [-0.3, -0.25) is 0 Å². The largest absolute Gasteiger partial charge is 0.392 e. The number of rotatable bonds is 14. The zero-order valence-electron chi connectivity index (χ0n) is 21.3. The van der Waals surface area contributed by atoms with Crippen molar-refractivity contribution in [2.75, 3.05) is 0 Å². The Bertz CT molecular complexity index is 642. The van der Waals surface area contributed by atoms with Gasteiger partial charge in [0.2, 0.25) is 0 Å². The highest BCUT2D eigenvalue weighted by Crippen LogP contribution is 2.41. The molecule has 2 nitrogen and oxygen atoms in total. The van der Waals surface area contributed by atoms with E-state index < -0.39 is 8.56 Å². The second-order valence-electron chi connectivity index (χ2n) is 10.0. The maximum Gasteiger partial charge on any atom is 0.332 e. The zero-order chi connectivity index (χ0) is 23.1. The van der Waals surface area contributed by atoms with Gasteiger partial charge in [-0.05, 0) is 81.5 Å². The molecule has 1 rings (SSSR count). The van der Waals surface area contributed by atoms with Crippen LogP contribution < -0.4 is 0 Å². The summed E-state index contributed by atoms with van der Waals surface area (Å²) in [6, 6.07) is 9.26. The Morgan fingerprint density at radius 1 is 0.900 bits per heavy atom. The average Bonchev–Trinajstić information content (AvgIpc) is 2.71. The van der Waals surface area contributed by atoms with Crippen LogP contribution in [0, 0.1) is 0 Å². The summed E-state index contributed by atoms with van der Waals surface area (Å²) >= 11 is 0. The first kappa shape index (κ1) is 27.6. The van der Waals surface area contributed by atoms with Gasteiger partial charge >= 0.3 is 8.56 Å². The fourth-order valence-electron chi connectivity index (χ4n) is 4.45. The fourth-order valence-corrected chi connectivity index (χ4v) is 7.86. The molecule has 0 heterocycles. The van der Waals surface area contributed by atoms with Gasteiger partial charge in [0.1, 0.15) is 0 Å². The van der Waals surface area contributed by atoms with Gasteiger partial charge in [-0.15, -0.1) is 0 Å². The first-order valence-corrected chi connectivity index (χ1v) is 15.5. The molecule has 2 unspecified atom stereocenters. The monoisotopic (exact) mass is 447 g/mol. The van der Waals surface area contributed by atoms with E-state index >= 15 is 0 Å². The Hall–Kier alpha value is -0.426. The minimum atomic E-state index is -2.33. The lowest BCUT2D eigenvalue weighted by Crippen LogP contribution is -2.52. The molecule has 0 aromatic heterocycles. The van der Waals surface area contributed by atoms with Crippen LogP contribution in [0.15, 0.2) is 24.3 Å². The maximum absolute atomic E-state index is 6.87. The molecule has 1 aromatic rings. The van der Waals surface area contributed by atoms with Crippen LogP contribution >= 0.6 is 0 Å². The lowest BCUT2D eigenvalue weighted by Gasteiger charge is -2.45. The summed E-state index contributed by atoms with van der Waals surface area (Å²) in [6.07, 6.45) is 8.59. The summed E-state index contributed by atoms with van der Waals surface area (Å²) in [5.41, 5.74) is 2.77. The van der Waals surface area contributed by atoms with E-state index in [9.17, 15) is 0 Å². The smallest absolute Gasteiger partial charge is 0.332 e. The molecule has 1 aromatic carbocycles. The number of hydrogen-bond acceptors (Lipinski definition) is 2. The van der Waals surface area contributed by atoms with E-state index in [1.54, 1.807) is 0 Å². The summed E-state index contributed by atoms with van der Waals surface area (Å²) in [4.78, 5) is 0. The van der Waals surface area contributed by atoms with Crippen LogP contribution in [-0.4, -0.2) is 29.6 Å². The Kier molecular flexibility index (Phi) is 10.5. The summed E-state index contributed by atoms with van der Waals surface area (Å²) in [5.74, 6) is 0. The van der Waals surface area contributed by atoms with Gasteiger partial charge in [0, 0.05) is 5.22 Å². The zero-order valence-corrected chi connectivity index (χ0v) is 23.3. The van der Waals surface area contributed by atoms with Gasteiger partial charge < -0.3 is 8.85 Å². The molecule has 0 fully saturated rings. The molecule has 0 N–H and O–H groups in total. The predicted molar refractivity (Wildman–Crippen MR) is 135 cm³/mol. The van der Waals surface area contributed by atoms with Crippen molar-refractivity contribution in [1.29, 1.82) is 0 Å². The van der Waals surface area contributed by atoms with Crippen LogP contribution in [0.5, 0.6) is 0 Å². The van der Waals surface area contributed by atoms with Gasteiger partial charge in [0.25, 0.3) is 0 Å². The van der Waals surface area contributed by atoms with E-state index in [1.807, 2.05) is 0 Å². The number of hydrogen-bond donors (Lipinski definition) is 0. The van der Waals surface area contributed by atoms with Crippen molar-refractivity contribution in [3.63, 3.8) is 0 Å². The second-order valence-corrected chi connectivity index (χ2v) is 14.1. The molecular weight excluding hydrogens is 400 g/mol. The van der Waals surface area contributed by atoms with Crippen LogP contribution in [0.25, 0.3) is 0 Å². The molecule has 30 heavy (non-hydrogen) atoms. The number of unbranched alkanes of at least 4 members (excludes halogenated alkanes) is 1. The quantitative estimate of drug-likeness (QED) is 0.272. The van der Waals surface area contributed by atoms with Crippen LogP contribution in [0.2, 0.25) is 13.1 Å². The van der Waals surface area contributed by atoms with Crippen LogP contribution in [0.4, 0.5) is 0 Å². The molecule has 4 heteroatoms.